The number of amides is 4. The number of carbonyl (C=O) groups excluding carboxylic acids is 4. The molecule has 2 N–H and O–H groups in total. The van der Waals surface area contributed by atoms with E-state index in [1.807, 2.05) is 0 Å². The number of piperidine rings is 2. The van der Waals surface area contributed by atoms with Crippen molar-refractivity contribution >= 4 is 34.2 Å². The number of rotatable bonds is 6. The van der Waals surface area contributed by atoms with Crippen LogP contribution in [-0.2, 0) is 29.0 Å². The molecule has 3 saturated heterocycles. The summed E-state index contributed by atoms with van der Waals surface area (Å²) in [5.74, 6) is -1.20. The van der Waals surface area contributed by atoms with Crippen molar-refractivity contribution in [1.82, 2.24) is 20.2 Å². The Kier molecular flexibility index (Phi) is 7.19. The van der Waals surface area contributed by atoms with Gasteiger partial charge in [0.25, 0.3) is 0 Å². The van der Waals surface area contributed by atoms with Crippen LogP contribution in [-0.4, -0.2) is 95.5 Å². The quantitative estimate of drug-likeness (QED) is 0.499. The van der Waals surface area contributed by atoms with E-state index >= 15 is 0 Å². The summed E-state index contributed by atoms with van der Waals surface area (Å²) in [5, 5.41) is 3.11. The maximum atomic E-state index is 12.7. The summed E-state index contributed by atoms with van der Waals surface area (Å²) in [4.78, 5) is 52.7. The molecule has 0 aromatic carbocycles. The third kappa shape index (κ3) is 6.32. The number of Topliss-reactive ketones (excluding diaryl/α,β-unsaturated/α-hetero) is 1. The fourth-order valence-corrected chi connectivity index (χ4v) is 4.66. The van der Waals surface area contributed by atoms with Crippen molar-refractivity contribution in [3.63, 3.8) is 0 Å². The Bertz CT molecular complexity index is 917. The largest absolute Gasteiger partial charge is 0.444 e. The van der Waals surface area contributed by atoms with Crippen LogP contribution in [0.1, 0.15) is 46.5 Å². The van der Waals surface area contributed by atoms with Crippen molar-refractivity contribution in [1.29, 1.82) is 0 Å². The second-order valence-corrected chi connectivity index (χ2v) is 10.5. The molecule has 2 bridgehead atoms. The highest BCUT2D eigenvalue weighted by molar-refractivity contribution is 7.80. The first-order valence-corrected chi connectivity index (χ1v) is 12.2. The molecule has 186 valence electrons. The van der Waals surface area contributed by atoms with Gasteiger partial charge in [0, 0.05) is 25.6 Å². The second kappa shape index (κ2) is 9.43. The number of ketones is 1. The summed E-state index contributed by atoms with van der Waals surface area (Å²) >= 11 is 0. The minimum absolute atomic E-state index is 0.0634. The zero-order chi connectivity index (χ0) is 24.6. The topological polar surface area (TPSA) is 163 Å². The Morgan fingerprint density at radius 2 is 1.85 bits per heavy atom. The predicted molar refractivity (Wildman–Crippen MR) is 112 cm³/mol. The third-order valence-corrected chi connectivity index (χ3v) is 6.11. The summed E-state index contributed by atoms with van der Waals surface area (Å²) in [6.45, 7) is 5.81. The molecule has 4 amide bonds. The third-order valence-electron chi connectivity index (χ3n) is 5.77. The van der Waals surface area contributed by atoms with Crippen LogP contribution >= 0.6 is 0 Å². The molecule has 3 atom stereocenters. The van der Waals surface area contributed by atoms with Crippen molar-refractivity contribution in [3.8, 4) is 0 Å². The van der Waals surface area contributed by atoms with Crippen molar-refractivity contribution in [2.75, 3.05) is 26.2 Å². The number of carbonyl (C=O) groups is 4. The standard InChI is InChI=1S/C19H30N4O9S/c1-19(2,3)31-18(27)21-8-4-5-12(10-21)15(24)9-20-16(25)14-7-6-13-11-22(14)17(26)23(13)32-33(28,29)30/h12-14H,4-11H2,1-3H3,(H,20,25)(H,28,29,30)/t12-,13-,14+/m1/s1. The second-order valence-electron chi connectivity index (χ2n) is 9.46. The Hall–Kier alpha value is -2.45. The van der Waals surface area contributed by atoms with Crippen LogP contribution in [0.15, 0.2) is 0 Å². The highest BCUT2D eigenvalue weighted by Crippen LogP contribution is 2.30. The number of nitrogens with one attached hydrogen (secondary N) is 1. The smallest absolute Gasteiger partial charge is 0.418 e. The first-order chi connectivity index (χ1) is 15.2. The molecule has 0 spiro atoms. The van der Waals surface area contributed by atoms with Gasteiger partial charge < -0.3 is 19.9 Å². The van der Waals surface area contributed by atoms with Crippen LogP contribution in [0.2, 0.25) is 0 Å². The fraction of sp³-hybridized carbons (Fsp3) is 0.789. The van der Waals surface area contributed by atoms with Crippen LogP contribution in [0, 0.1) is 5.92 Å². The van der Waals surface area contributed by atoms with Crippen molar-refractivity contribution in [2.45, 2.75) is 64.1 Å². The summed E-state index contributed by atoms with van der Waals surface area (Å²) in [7, 11) is -4.88. The van der Waals surface area contributed by atoms with Crippen molar-refractivity contribution < 1.29 is 41.2 Å². The Morgan fingerprint density at radius 1 is 1.15 bits per heavy atom. The molecular formula is C19H30N4O9S. The first kappa shape index (κ1) is 25.2. The Morgan fingerprint density at radius 3 is 2.48 bits per heavy atom. The Labute approximate surface area is 192 Å². The minimum atomic E-state index is -4.88. The summed E-state index contributed by atoms with van der Waals surface area (Å²) in [6, 6.07) is -2.34. The lowest BCUT2D eigenvalue weighted by Crippen LogP contribution is -2.51. The number of nitrogens with zero attached hydrogens (tertiary/aromatic N) is 3. The van der Waals surface area contributed by atoms with Crippen LogP contribution in [0.5, 0.6) is 0 Å². The van der Waals surface area contributed by atoms with Gasteiger partial charge in [-0.15, -0.1) is 4.28 Å². The van der Waals surface area contributed by atoms with Gasteiger partial charge >= 0.3 is 22.5 Å². The van der Waals surface area contributed by atoms with Crippen LogP contribution < -0.4 is 5.32 Å². The van der Waals surface area contributed by atoms with E-state index in [-0.39, 0.29) is 38.3 Å². The van der Waals surface area contributed by atoms with Crippen LogP contribution in [0.3, 0.4) is 0 Å². The van der Waals surface area contributed by atoms with Gasteiger partial charge in [-0.1, -0.05) is 0 Å². The van der Waals surface area contributed by atoms with Gasteiger partial charge in [0.15, 0.2) is 5.78 Å². The minimum Gasteiger partial charge on any atom is -0.444 e. The molecule has 0 radical (unpaired) electrons. The normalized spacial score (nSPS) is 25.8. The highest BCUT2D eigenvalue weighted by atomic mass is 32.3. The van der Waals surface area contributed by atoms with Gasteiger partial charge in [0.05, 0.1) is 12.6 Å². The van der Waals surface area contributed by atoms with Gasteiger partial charge in [0.1, 0.15) is 11.6 Å². The summed E-state index contributed by atoms with van der Waals surface area (Å²) < 4.78 is 40.5. The molecule has 0 aliphatic carbocycles. The van der Waals surface area contributed by atoms with Gasteiger partial charge in [0.2, 0.25) is 5.91 Å². The number of hydroxylamine groups is 2. The molecule has 0 saturated carbocycles. The van der Waals surface area contributed by atoms with E-state index < -0.39 is 52.0 Å². The van der Waals surface area contributed by atoms with Gasteiger partial charge in [-0.3, -0.25) is 14.1 Å². The van der Waals surface area contributed by atoms with Crippen LogP contribution in [0.4, 0.5) is 9.59 Å². The molecule has 0 aromatic heterocycles. The monoisotopic (exact) mass is 490 g/mol. The SMILES string of the molecule is CC(C)(C)OC(=O)N1CCC[C@@H](C(=O)CNC(=O)[C@@H]2CC[C@@H]3CN2C(=O)N3OS(=O)(=O)O)C1. The molecule has 3 aliphatic rings. The van der Waals surface area contributed by atoms with Gasteiger partial charge in [-0.2, -0.15) is 13.5 Å². The van der Waals surface area contributed by atoms with Crippen molar-refractivity contribution in [2.24, 2.45) is 5.92 Å². The lowest BCUT2D eigenvalue weighted by atomic mass is 9.93. The van der Waals surface area contributed by atoms with Gasteiger partial charge in [-0.25, -0.2) is 9.59 Å². The first-order valence-electron chi connectivity index (χ1n) is 10.8. The summed E-state index contributed by atoms with van der Waals surface area (Å²) in [6.07, 6.45) is 1.28. The molecule has 33 heavy (non-hydrogen) atoms. The van der Waals surface area contributed by atoms with E-state index in [1.54, 1.807) is 20.8 Å². The van der Waals surface area contributed by atoms with E-state index in [0.717, 1.165) is 4.90 Å². The zero-order valence-corrected chi connectivity index (χ0v) is 19.7. The van der Waals surface area contributed by atoms with E-state index in [1.165, 1.54) is 4.90 Å². The molecule has 3 heterocycles. The van der Waals surface area contributed by atoms with E-state index in [9.17, 15) is 27.6 Å². The van der Waals surface area contributed by atoms with Crippen LogP contribution in [0.25, 0.3) is 0 Å². The average molecular weight is 491 g/mol. The number of hydrogen-bond acceptors (Lipinski definition) is 8. The molecule has 3 rings (SSSR count). The fourth-order valence-electron chi connectivity index (χ4n) is 4.27. The average Bonchev–Trinajstić information content (AvgIpc) is 2.94. The highest BCUT2D eigenvalue weighted by Gasteiger charge is 2.49. The lowest BCUT2D eigenvalue weighted by Gasteiger charge is -2.33. The number of hydrogen-bond donors (Lipinski definition) is 2. The number of urea groups is 1. The molecule has 3 fully saturated rings. The molecule has 3 aliphatic heterocycles. The van der Waals surface area contributed by atoms with E-state index in [2.05, 4.69) is 9.60 Å². The van der Waals surface area contributed by atoms with Gasteiger partial charge in [-0.05, 0) is 46.5 Å². The van der Waals surface area contributed by atoms with E-state index in [4.69, 9.17) is 9.29 Å². The maximum absolute atomic E-state index is 12.7. The number of fused-ring (bicyclic) bond motifs is 2. The molecule has 14 heteroatoms. The molecular weight excluding hydrogens is 460 g/mol. The lowest BCUT2D eigenvalue weighted by molar-refractivity contribution is -0.130. The number of likely N-dealkylation sites (tertiary alicyclic amines) is 1. The zero-order valence-electron chi connectivity index (χ0n) is 18.9. The predicted octanol–water partition coefficient (Wildman–Crippen LogP) is 0.322. The Balaban J connectivity index is 1.52. The molecule has 0 unspecified atom stereocenters. The maximum Gasteiger partial charge on any atom is 0.418 e. The summed E-state index contributed by atoms with van der Waals surface area (Å²) in [5.41, 5.74) is -0.643. The van der Waals surface area contributed by atoms with Crippen molar-refractivity contribution in [3.05, 3.63) is 0 Å². The number of ether oxygens (including phenoxy) is 1. The molecule has 13 nitrogen and oxygen atoms in total. The van der Waals surface area contributed by atoms with E-state index in [0.29, 0.717) is 24.4 Å². The molecule has 0 aromatic rings.